The van der Waals surface area contributed by atoms with Crippen LogP contribution in [-0.4, -0.2) is 58.3 Å². The quantitative estimate of drug-likeness (QED) is 0.761. The van der Waals surface area contributed by atoms with Gasteiger partial charge in [-0.25, -0.2) is 4.98 Å². The molecule has 0 spiro atoms. The second kappa shape index (κ2) is 10.3. The number of halogens is 2. The van der Waals surface area contributed by atoms with Crippen LogP contribution >= 0.6 is 24.8 Å². The summed E-state index contributed by atoms with van der Waals surface area (Å²) in [4.78, 5) is 31.5. The van der Waals surface area contributed by atoms with Crippen LogP contribution < -0.4 is 10.6 Å². The number of imidazole rings is 1. The zero-order valence-corrected chi connectivity index (χ0v) is 18.2. The third-order valence-electron chi connectivity index (χ3n) is 5.58. The van der Waals surface area contributed by atoms with Crippen LogP contribution in [0.3, 0.4) is 0 Å². The number of carbonyl (C=O) groups is 2. The van der Waals surface area contributed by atoms with Crippen molar-refractivity contribution in [3.05, 3.63) is 35.8 Å². The van der Waals surface area contributed by atoms with Crippen LogP contribution in [0.4, 0.5) is 0 Å². The summed E-state index contributed by atoms with van der Waals surface area (Å²) in [5, 5.41) is 6.28. The van der Waals surface area contributed by atoms with E-state index in [4.69, 9.17) is 0 Å². The number of nitrogens with zero attached hydrogens (tertiary/aromatic N) is 3. The number of pyridine rings is 1. The molecule has 0 saturated carbocycles. The van der Waals surface area contributed by atoms with Crippen LogP contribution in [0.5, 0.6) is 0 Å². The standard InChI is InChI=1S/C20H27N5O2.2ClH/c1-14-6-9-24-13-17(23-18(24)10-14)20(27)25-8-3-4-15(12-25)11-22-19(26)16-5-2-7-21-16;;/h6,9-10,13,15-16,21H,2-5,7-8,11-12H2,1H3,(H,22,26);2*1H. The van der Waals surface area contributed by atoms with Crippen LogP contribution in [0.2, 0.25) is 0 Å². The van der Waals surface area contributed by atoms with E-state index in [-0.39, 0.29) is 42.7 Å². The molecule has 4 heterocycles. The first-order chi connectivity index (χ1) is 13.1. The predicted molar refractivity (Wildman–Crippen MR) is 117 cm³/mol. The summed E-state index contributed by atoms with van der Waals surface area (Å²) in [5.74, 6) is 0.365. The van der Waals surface area contributed by atoms with Crippen LogP contribution in [0.25, 0.3) is 5.65 Å². The Morgan fingerprint density at radius 1 is 1.28 bits per heavy atom. The summed E-state index contributed by atoms with van der Waals surface area (Å²) >= 11 is 0. The number of rotatable bonds is 4. The normalized spacial score (nSPS) is 21.3. The third-order valence-corrected chi connectivity index (χ3v) is 5.58. The maximum atomic E-state index is 12.9. The van der Waals surface area contributed by atoms with E-state index >= 15 is 0 Å². The maximum Gasteiger partial charge on any atom is 0.274 e. The highest BCUT2D eigenvalue weighted by Gasteiger charge is 2.27. The highest BCUT2D eigenvalue weighted by molar-refractivity contribution is 5.93. The summed E-state index contributed by atoms with van der Waals surface area (Å²) in [7, 11) is 0. The number of nitrogens with one attached hydrogen (secondary N) is 2. The number of fused-ring (bicyclic) bond motifs is 1. The van der Waals surface area contributed by atoms with Crippen molar-refractivity contribution in [1.29, 1.82) is 0 Å². The summed E-state index contributed by atoms with van der Waals surface area (Å²) in [6.07, 6.45) is 7.69. The molecule has 2 saturated heterocycles. The molecule has 2 unspecified atom stereocenters. The van der Waals surface area contributed by atoms with Crippen molar-refractivity contribution in [1.82, 2.24) is 24.9 Å². The molecule has 0 radical (unpaired) electrons. The van der Waals surface area contributed by atoms with Gasteiger partial charge in [0.15, 0.2) is 0 Å². The molecule has 0 aromatic carbocycles. The minimum Gasteiger partial charge on any atom is -0.354 e. The van der Waals surface area contributed by atoms with Crippen molar-refractivity contribution in [3.8, 4) is 0 Å². The number of aromatic nitrogens is 2. The van der Waals surface area contributed by atoms with Gasteiger partial charge in [0.25, 0.3) is 5.91 Å². The van der Waals surface area contributed by atoms with Gasteiger partial charge in [0, 0.05) is 32.0 Å². The Kier molecular flexibility index (Phi) is 8.31. The van der Waals surface area contributed by atoms with Gasteiger partial charge in [-0.2, -0.15) is 0 Å². The summed E-state index contributed by atoms with van der Waals surface area (Å²) in [6.45, 7) is 4.98. The number of piperidine rings is 1. The highest BCUT2D eigenvalue weighted by Crippen LogP contribution is 2.19. The van der Waals surface area contributed by atoms with Crippen LogP contribution in [0.15, 0.2) is 24.5 Å². The Balaban J connectivity index is 0.00000150. The molecule has 9 heteroatoms. The van der Waals surface area contributed by atoms with Gasteiger partial charge in [-0.05, 0) is 62.8 Å². The third kappa shape index (κ3) is 5.41. The van der Waals surface area contributed by atoms with Crippen LogP contribution in [0.1, 0.15) is 41.7 Å². The lowest BCUT2D eigenvalue weighted by atomic mass is 9.97. The molecule has 2 aromatic heterocycles. The largest absolute Gasteiger partial charge is 0.354 e. The van der Waals surface area contributed by atoms with Crippen LogP contribution in [-0.2, 0) is 4.79 Å². The van der Waals surface area contributed by atoms with Crippen molar-refractivity contribution in [2.24, 2.45) is 5.92 Å². The number of aryl methyl sites for hydroxylation is 1. The number of hydrogen-bond acceptors (Lipinski definition) is 4. The molecule has 2 N–H and O–H groups in total. The van der Waals surface area contributed by atoms with E-state index in [0.29, 0.717) is 24.7 Å². The Morgan fingerprint density at radius 3 is 2.86 bits per heavy atom. The average Bonchev–Trinajstić information content (AvgIpc) is 3.35. The van der Waals surface area contributed by atoms with Gasteiger partial charge >= 0.3 is 0 Å². The van der Waals surface area contributed by atoms with E-state index in [2.05, 4.69) is 15.6 Å². The van der Waals surface area contributed by atoms with Gasteiger partial charge in [0.1, 0.15) is 11.3 Å². The van der Waals surface area contributed by atoms with E-state index in [1.54, 1.807) is 6.20 Å². The molecule has 2 amide bonds. The molecule has 0 aliphatic carbocycles. The molecule has 2 fully saturated rings. The van der Waals surface area contributed by atoms with E-state index in [1.165, 1.54) is 0 Å². The van der Waals surface area contributed by atoms with E-state index < -0.39 is 0 Å². The van der Waals surface area contributed by atoms with Crippen molar-refractivity contribution < 1.29 is 9.59 Å². The van der Waals surface area contributed by atoms with Gasteiger partial charge in [-0.15, -0.1) is 24.8 Å². The fraction of sp³-hybridized carbons (Fsp3) is 0.550. The van der Waals surface area contributed by atoms with Crippen molar-refractivity contribution in [2.75, 3.05) is 26.2 Å². The monoisotopic (exact) mass is 441 g/mol. The topological polar surface area (TPSA) is 78.7 Å². The van der Waals surface area contributed by atoms with Crippen LogP contribution in [0, 0.1) is 12.8 Å². The fourth-order valence-corrected chi connectivity index (χ4v) is 4.04. The van der Waals surface area contributed by atoms with Crippen molar-refractivity contribution in [2.45, 2.75) is 38.6 Å². The van der Waals surface area contributed by atoms with Gasteiger partial charge in [-0.1, -0.05) is 0 Å². The second-order valence-corrected chi connectivity index (χ2v) is 7.75. The molecular weight excluding hydrogens is 413 g/mol. The maximum absolute atomic E-state index is 12.9. The number of likely N-dealkylation sites (tertiary alicyclic amines) is 1. The molecule has 2 aromatic rings. The minimum absolute atomic E-state index is 0. The average molecular weight is 442 g/mol. The smallest absolute Gasteiger partial charge is 0.274 e. The molecule has 2 aliphatic rings. The summed E-state index contributed by atoms with van der Waals surface area (Å²) in [6, 6.07) is 3.93. The fourth-order valence-electron chi connectivity index (χ4n) is 4.04. The van der Waals surface area contributed by atoms with Crippen molar-refractivity contribution >= 4 is 42.3 Å². The first kappa shape index (κ1) is 23.4. The second-order valence-electron chi connectivity index (χ2n) is 7.75. The van der Waals surface area contributed by atoms with Gasteiger partial charge < -0.3 is 19.9 Å². The van der Waals surface area contributed by atoms with E-state index in [9.17, 15) is 9.59 Å². The molecule has 0 bridgehead atoms. The molecule has 160 valence electrons. The lowest BCUT2D eigenvalue weighted by molar-refractivity contribution is -0.123. The predicted octanol–water partition coefficient (Wildman–Crippen LogP) is 2.21. The summed E-state index contributed by atoms with van der Waals surface area (Å²) in [5.41, 5.74) is 2.40. The first-order valence-electron chi connectivity index (χ1n) is 9.86. The first-order valence-corrected chi connectivity index (χ1v) is 9.86. The molecular formula is C20H29Cl2N5O2. The molecule has 7 nitrogen and oxygen atoms in total. The Hall–Kier alpha value is -1.83. The zero-order chi connectivity index (χ0) is 18.8. The number of carbonyl (C=O) groups excluding carboxylic acids is 2. The number of amides is 2. The lowest BCUT2D eigenvalue weighted by Crippen LogP contribution is -2.46. The Bertz CT molecular complexity index is 851. The SMILES string of the molecule is Cc1ccn2cc(C(=O)N3CCCC(CNC(=O)C4CCCN4)C3)nc2c1.Cl.Cl. The highest BCUT2D eigenvalue weighted by atomic mass is 35.5. The minimum atomic E-state index is -0.0484. The number of hydrogen-bond donors (Lipinski definition) is 2. The van der Waals surface area contributed by atoms with E-state index in [0.717, 1.165) is 50.0 Å². The lowest BCUT2D eigenvalue weighted by Gasteiger charge is -2.32. The van der Waals surface area contributed by atoms with Gasteiger partial charge in [-0.3, -0.25) is 9.59 Å². The van der Waals surface area contributed by atoms with Gasteiger partial charge in [0.2, 0.25) is 5.91 Å². The summed E-state index contributed by atoms with van der Waals surface area (Å²) < 4.78 is 1.89. The molecule has 2 aliphatic heterocycles. The Labute approximate surface area is 183 Å². The molecule has 29 heavy (non-hydrogen) atoms. The van der Waals surface area contributed by atoms with E-state index in [1.807, 2.05) is 34.6 Å². The zero-order valence-electron chi connectivity index (χ0n) is 16.6. The van der Waals surface area contributed by atoms with Gasteiger partial charge in [0.05, 0.1) is 6.04 Å². The van der Waals surface area contributed by atoms with Crippen molar-refractivity contribution in [3.63, 3.8) is 0 Å². The molecule has 4 rings (SSSR count). The molecule has 2 atom stereocenters. The Morgan fingerprint density at radius 2 is 2.10 bits per heavy atom.